The van der Waals surface area contributed by atoms with E-state index in [1.807, 2.05) is 48.5 Å². The van der Waals surface area contributed by atoms with Crippen LogP contribution in [-0.2, 0) is 12.3 Å². The lowest BCUT2D eigenvalue weighted by atomic mass is 10.2. The van der Waals surface area contributed by atoms with E-state index in [0.29, 0.717) is 6.54 Å². The van der Waals surface area contributed by atoms with Gasteiger partial charge in [-0.3, -0.25) is 4.57 Å². The highest BCUT2D eigenvalue weighted by atomic mass is 79.9. The van der Waals surface area contributed by atoms with Crippen LogP contribution < -0.4 is 4.74 Å². The van der Waals surface area contributed by atoms with Crippen LogP contribution >= 0.6 is 27.7 Å². The highest BCUT2D eigenvalue weighted by Gasteiger charge is 2.14. The van der Waals surface area contributed by atoms with Crippen LogP contribution in [0.1, 0.15) is 5.56 Å². The number of rotatable bonds is 7. The number of aromatic nitrogens is 3. The molecule has 0 aliphatic rings. The van der Waals surface area contributed by atoms with Gasteiger partial charge in [0, 0.05) is 22.3 Å². The Bertz CT molecular complexity index is 861. The van der Waals surface area contributed by atoms with Gasteiger partial charge in [0.15, 0.2) is 11.0 Å². The SMILES string of the molecule is C=CCn1c(SCc2ccccc2Br)nnc1-c1ccc(OC)cc1. The molecule has 0 fully saturated rings. The fraction of sp³-hybridized carbons (Fsp3) is 0.158. The minimum Gasteiger partial charge on any atom is -0.497 e. The number of hydrogen-bond acceptors (Lipinski definition) is 4. The Kier molecular flexibility index (Phi) is 5.94. The van der Waals surface area contributed by atoms with E-state index in [0.717, 1.165) is 32.5 Å². The smallest absolute Gasteiger partial charge is 0.192 e. The van der Waals surface area contributed by atoms with Crippen LogP contribution in [0.3, 0.4) is 0 Å². The third-order valence-electron chi connectivity index (χ3n) is 3.69. The first-order valence-electron chi connectivity index (χ1n) is 7.77. The van der Waals surface area contributed by atoms with Crippen LogP contribution in [0, 0.1) is 0 Å². The van der Waals surface area contributed by atoms with Crippen LogP contribution in [0.2, 0.25) is 0 Å². The molecule has 0 spiro atoms. The zero-order valence-electron chi connectivity index (χ0n) is 13.9. The van der Waals surface area contributed by atoms with Crippen molar-refractivity contribution < 1.29 is 4.74 Å². The lowest BCUT2D eigenvalue weighted by Crippen LogP contribution is -2.00. The van der Waals surface area contributed by atoms with Gasteiger partial charge in [0.1, 0.15) is 5.75 Å². The van der Waals surface area contributed by atoms with E-state index in [-0.39, 0.29) is 0 Å². The molecule has 25 heavy (non-hydrogen) atoms. The first-order valence-corrected chi connectivity index (χ1v) is 9.55. The Balaban J connectivity index is 1.86. The van der Waals surface area contributed by atoms with Crippen molar-refractivity contribution in [3.05, 3.63) is 71.2 Å². The molecule has 1 heterocycles. The zero-order valence-corrected chi connectivity index (χ0v) is 16.3. The minimum atomic E-state index is 0.659. The maximum atomic E-state index is 5.22. The molecule has 0 saturated carbocycles. The number of nitrogens with zero attached hydrogens (tertiary/aromatic N) is 3. The van der Waals surface area contributed by atoms with Crippen molar-refractivity contribution in [2.75, 3.05) is 7.11 Å². The first kappa shape index (κ1) is 17.8. The Hall–Kier alpha value is -2.05. The average Bonchev–Trinajstić information content (AvgIpc) is 3.04. The Labute approximate surface area is 160 Å². The average molecular weight is 416 g/mol. The molecule has 0 radical (unpaired) electrons. The Morgan fingerprint density at radius 3 is 2.60 bits per heavy atom. The molecular formula is C19H18BrN3OS. The predicted molar refractivity (Wildman–Crippen MR) is 106 cm³/mol. The summed E-state index contributed by atoms with van der Waals surface area (Å²) in [6.07, 6.45) is 1.86. The second kappa shape index (κ2) is 8.36. The van der Waals surface area contributed by atoms with Gasteiger partial charge in [0.05, 0.1) is 7.11 Å². The summed E-state index contributed by atoms with van der Waals surface area (Å²) < 4.78 is 8.40. The highest BCUT2D eigenvalue weighted by Crippen LogP contribution is 2.29. The summed E-state index contributed by atoms with van der Waals surface area (Å²) in [5.74, 6) is 2.47. The van der Waals surface area contributed by atoms with Gasteiger partial charge in [-0.05, 0) is 35.9 Å². The van der Waals surface area contributed by atoms with Gasteiger partial charge < -0.3 is 4.74 Å². The zero-order chi connectivity index (χ0) is 17.6. The topological polar surface area (TPSA) is 39.9 Å². The van der Waals surface area contributed by atoms with Gasteiger partial charge in [-0.1, -0.05) is 52.0 Å². The van der Waals surface area contributed by atoms with E-state index in [9.17, 15) is 0 Å². The molecular weight excluding hydrogens is 398 g/mol. The fourth-order valence-corrected chi connectivity index (χ4v) is 3.96. The summed E-state index contributed by atoms with van der Waals surface area (Å²) in [5, 5.41) is 9.64. The molecule has 0 aliphatic carbocycles. The predicted octanol–water partition coefficient (Wildman–Crippen LogP) is 5.19. The number of methoxy groups -OCH3 is 1. The maximum absolute atomic E-state index is 5.22. The third kappa shape index (κ3) is 4.14. The number of benzene rings is 2. The summed E-state index contributed by atoms with van der Waals surface area (Å²) >= 11 is 5.25. The van der Waals surface area contributed by atoms with Crippen LogP contribution in [0.15, 0.2) is 70.8 Å². The van der Waals surface area contributed by atoms with Crippen LogP contribution in [0.25, 0.3) is 11.4 Å². The molecule has 0 aliphatic heterocycles. The number of halogens is 1. The first-order chi connectivity index (χ1) is 12.2. The largest absolute Gasteiger partial charge is 0.497 e. The van der Waals surface area contributed by atoms with Crippen LogP contribution in [-0.4, -0.2) is 21.9 Å². The lowest BCUT2D eigenvalue weighted by molar-refractivity contribution is 0.415. The van der Waals surface area contributed by atoms with E-state index in [2.05, 4.69) is 43.3 Å². The number of allylic oxidation sites excluding steroid dienone is 1. The second-order valence-electron chi connectivity index (χ2n) is 5.31. The molecule has 3 aromatic rings. The molecule has 2 aromatic carbocycles. The van der Waals surface area contributed by atoms with Crippen molar-refractivity contribution in [2.24, 2.45) is 0 Å². The van der Waals surface area contributed by atoms with E-state index in [4.69, 9.17) is 4.74 Å². The van der Waals surface area contributed by atoms with E-state index >= 15 is 0 Å². The van der Waals surface area contributed by atoms with Crippen molar-refractivity contribution >= 4 is 27.7 Å². The van der Waals surface area contributed by atoms with Crippen molar-refractivity contribution in [1.82, 2.24) is 14.8 Å². The summed E-state index contributed by atoms with van der Waals surface area (Å²) in [4.78, 5) is 0. The number of thioether (sulfide) groups is 1. The van der Waals surface area contributed by atoms with Crippen molar-refractivity contribution in [3.8, 4) is 17.1 Å². The maximum Gasteiger partial charge on any atom is 0.192 e. The molecule has 0 unspecified atom stereocenters. The second-order valence-corrected chi connectivity index (χ2v) is 7.11. The minimum absolute atomic E-state index is 0.659. The quantitative estimate of drug-likeness (QED) is 0.392. The van der Waals surface area contributed by atoms with Gasteiger partial charge in [0.25, 0.3) is 0 Å². The van der Waals surface area contributed by atoms with Gasteiger partial charge in [-0.2, -0.15) is 0 Å². The Morgan fingerprint density at radius 1 is 1.16 bits per heavy atom. The summed E-state index contributed by atoms with van der Waals surface area (Å²) in [6, 6.07) is 16.0. The molecule has 0 amide bonds. The van der Waals surface area contributed by atoms with E-state index < -0.39 is 0 Å². The van der Waals surface area contributed by atoms with Gasteiger partial charge >= 0.3 is 0 Å². The molecule has 0 N–H and O–H groups in total. The highest BCUT2D eigenvalue weighted by molar-refractivity contribution is 9.10. The molecule has 128 valence electrons. The Morgan fingerprint density at radius 2 is 1.92 bits per heavy atom. The van der Waals surface area contributed by atoms with E-state index in [1.165, 1.54) is 5.56 Å². The third-order valence-corrected chi connectivity index (χ3v) is 5.48. The van der Waals surface area contributed by atoms with Gasteiger partial charge in [0.2, 0.25) is 0 Å². The van der Waals surface area contributed by atoms with Crippen molar-refractivity contribution in [2.45, 2.75) is 17.5 Å². The van der Waals surface area contributed by atoms with Crippen molar-refractivity contribution in [1.29, 1.82) is 0 Å². The lowest BCUT2D eigenvalue weighted by Gasteiger charge is -2.09. The molecule has 0 bridgehead atoms. The normalized spacial score (nSPS) is 10.6. The van der Waals surface area contributed by atoms with Crippen LogP contribution in [0.4, 0.5) is 0 Å². The van der Waals surface area contributed by atoms with Gasteiger partial charge in [-0.15, -0.1) is 16.8 Å². The number of ether oxygens (including phenoxy) is 1. The van der Waals surface area contributed by atoms with Crippen molar-refractivity contribution in [3.63, 3.8) is 0 Å². The monoisotopic (exact) mass is 415 g/mol. The summed E-state index contributed by atoms with van der Waals surface area (Å²) in [6.45, 7) is 4.52. The van der Waals surface area contributed by atoms with E-state index in [1.54, 1.807) is 18.9 Å². The fourth-order valence-electron chi connectivity index (χ4n) is 2.40. The summed E-state index contributed by atoms with van der Waals surface area (Å²) in [5.41, 5.74) is 2.23. The molecule has 4 nitrogen and oxygen atoms in total. The molecule has 6 heteroatoms. The number of hydrogen-bond donors (Lipinski definition) is 0. The molecule has 0 saturated heterocycles. The summed E-state index contributed by atoms with van der Waals surface area (Å²) in [7, 11) is 1.66. The molecule has 3 rings (SSSR count). The standard InChI is InChI=1S/C19H18BrN3OS/c1-3-12-23-18(14-8-10-16(24-2)11-9-14)21-22-19(23)25-13-15-6-4-5-7-17(15)20/h3-11H,1,12-13H2,2H3. The van der Waals surface area contributed by atoms with Gasteiger partial charge in [-0.25, -0.2) is 0 Å². The van der Waals surface area contributed by atoms with Crippen LogP contribution in [0.5, 0.6) is 5.75 Å². The molecule has 0 atom stereocenters. The molecule has 1 aromatic heterocycles.